The Morgan fingerprint density at radius 1 is 1.26 bits per heavy atom. The topological polar surface area (TPSA) is 26.3 Å². The third kappa shape index (κ3) is 5.41. The minimum atomic E-state index is -4.45. The van der Waals surface area contributed by atoms with E-state index in [0.29, 0.717) is 18.8 Å². The van der Waals surface area contributed by atoms with Gasteiger partial charge >= 0.3 is 12.1 Å². The second-order valence-corrected chi connectivity index (χ2v) is 5.49. The average molecular weight is 280 g/mol. The molecule has 0 spiro atoms. The van der Waals surface area contributed by atoms with Gasteiger partial charge in [0.15, 0.2) is 6.10 Å². The van der Waals surface area contributed by atoms with Crippen LogP contribution in [0.5, 0.6) is 0 Å². The van der Waals surface area contributed by atoms with Crippen LogP contribution in [-0.4, -0.2) is 18.2 Å². The van der Waals surface area contributed by atoms with Crippen molar-refractivity contribution in [2.45, 2.75) is 71.1 Å². The summed E-state index contributed by atoms with van der Waals surface area (Å²) in [5.74, 6) is -0.875. The van der Waals surface area contributed by atoms with Crippen molar-refractivity contribution in [3.8, 4) is 0 Å². The number of hydrogen-bond acceptors (Lipinski definition) is 2. The molecule has 0 bridgehead atoms. The molecule has 1 aliphatic rings. The second-order valence-electron chi connectivity index (χ2n) is 5.49. The maximum absolute atomic E-state index is 12.9. The molecule has 1 unspecified atom stereocenters. The van der Waals surface area contributed by atoms with E-state index in [1.807, 2.05) is 0 Å². The van der Waals surface area contributed by atoms with E-state index in [4.69, 9.17) is 0 Å². The normalized spacial score (nSPS) is 25.9. The Labute approximate surface area is 112 Å². The van der Waals surface area contributed by atoms with Gasteiger partial charge < -0.3 is 4.74 Å². The first-order valence-electron chi connectivity index (χ1n) is 7.08. The molecule has 5 heteroatoms. The van der Waals surface area contributed by atoms with Gasteiger partial charge in [-0.1, -0.05) is 39.0 Å². The molecular weight excluding hydrogens is 257 g/mol. The first-order chi connectivity index (χ1) is 8.84. The maximum Gasteiger partial charge on any atom is 0.425 e. The fraction of sp³-hybridized carbons (Fsp3) is 0.929. The predicted octanol–water partition coefficient (Wildman–Crippen LogP) is 4.48. The lowest BCUT2D eigenvalue weighted by Crippen LogP contribution is -2.41. The summed E-state index contributed by atoms with van der Waals surface area (Å²) in [4.78, 5) is 10.8. The largest absolute Gasteiger partial charge is 0.453 e. The van der Waals surface area contributed by atoms with Crippen LogP contribution in [-0.2, 0) is 9.53 Å². The highest BCUT2D eigenvalue weighted by molar-refractivity contribution is 5.66. The fourth-order valence-corrected chi connectivity index (χ4v) is 2.88. The summed E-state index contributed by atoms with van der Waals surface area (Å²) >= 11 is 0. The van der Waals surface area contributed by atoms with E-state index in [2.05, 4.69) is 11.7 Å². The van der Waals surface area contributed by atoms with Crippen LogP contribution in [0.2, 0.25) is 0 Å². The van der Waals surface area contributed by atoms with Crippen molar-refractivity contribution < 1.29 is 22.7 Å². The van der Waals surface area contributed by atoms with Gasteiger partial charge in [-0.15, -0.1) is 0 Å². The van der Waals surface area contributed by atoms with Gasteiger partial charge in [-0.2, -0.15) is 13.2 Å². The molecule has 0 radical (unpaired) electrons. The Hall–Kier alpha value is -0.740. The Morgan fingerprint density at radius 3 is 2.26 bits per heavy atom. The molecule has 1 rings (SSSR count). The zero-order valence-electron chi connectivity index (χ0n) is 11.6. The molecule has 0 amide bonds. The summed E-state index contributed by atoms with van der Waals surface area (Å²) in [7, 11) is 0. The van der Waals surface area contributed by atoms with E-state index in [-0.39, 0.29) is 0 Å². The molecule has 0 heterocycles. The maximum atomic E-state index is 12.9. The third-order valence-electron chi connectivity index (χ3n) is 3.90. The molecule has 112 valence electrons. The highest BCUT2D eigenvalue weighted by Crippen LogP contribution is 2.39. The summed E-state index contributed by atoms with van der Waals surface area (Å²) in [6, 6.07) is 0. The van der Waals surface area contributed by atoms with Crippen LogP contribution in [0.25, 0.3) is 0 Å². The van der Waals surface area contributed by atoms with Crippen molar-refractivity contribution in [3.05, 3.63) is 0 Å². The number of esters is 1. The number of rotatable bonds is 5. The Balaban J connectivity index is 2.52. The smallest absolute Gasteiger partial charge is 0.425 e. The highest BCUT2D eigenvalue weighted by atomic mass is 19.4. The van der Waals surface area contributed by atoms with Crippen molar-refractivity contribution in [2.75, 3.05) is 0 Å². The van der Waals surface area contributed by atoms with Gasteiger partial charge in [-0.3, -0.25) is 4.79 Å². The monoisotopic (exact) mass is 280 g/mol. The highest BCUT2D eigenvalue weighted by Gasteiger charge is 2.48. The van der Waals surface area contributed by atoms with Gasteiger partial charge in [-0.05, 0) is 18.8 Å². The number of carbonyl (C=O) groups excluding carboxylic acids is 1. The minimum absolute atomic E-state index is 0.506. The van der Waals surface area contributed by atoms with Gasteiger partial charge in [0.2, 0.25) is 0 Å². The van der Waals surface area contributed by atoms with E-state index >= 15 is 0 Å². The lowest BCUT2D eigenvalue weighted by molar-refractivity contribution is -0.236. The zero-order valence-corrected chi connectivity index (χ0v) is 11.6. The van der Waals surface area contributed by atoms with Crippen LogP contribution in [0.1, 0.15) is 58.8 Å². The van der Waals surface area contributed by atoms with E-state index in [9.17, 15) is 18.0 Å². The van der Waals surface area contributed by atoms with E-state index in [1.165, 1.54) is 0 Å². The Morgan fingerprint density at radius 2 is 1.84 bits per heavy atom. The second kappa shape index (κ2) is 7.15. The Kier molecular flexibility index (Phi) is 6.14. The molecule has 1 atom stereocenters. The predicted molar refractivity (Wildman–Crippen MR) is 66.6 cm³/mol. The molecule has 0 aliphatic heterocycles. The van der Waals surface area contributed by atoms with Crippen LogP contribution in [0.3, 0.4) is 0 Å². The van der Waals surface area contributed by atoms with Gasteiger partial charge in [-0.25, -0.2) is 0 Å². The first kappa shape index (κ1) is 16.3. The van der Waals surface area contributed by atoms with Gasteiger partial charge in [0.1, 0.15) is 0 Å². The summed E-state index contributed by atoms with van der Waals surface area (Å²) in [5.41, 5.74) is 0. The molecule has 0 aromatic heterocycles. The van der Waals surface area contributed by atoms with Crippen LogP contribution in [0.4, 0.5) is 13.2 Å². The molecule has 19 heavy (non-hydrogen) atoms. The van der Waals surface area contributed by atoms with E-state index in [1.54, 1.807) is 0 Å². The van der Waals surface area contributed by atoms with Gasteiger partial charge in [0, 0.05) is 12.8 Å². The summed E-state index contributed by atoms with van der Waals surface area (Å²) in [6.07, 6.45) is -0.355. The average Bonchev–Trinajstić information content (AvgIpc) is 2.33. The summed E-state index contributed by atoms with van der Waals surface area (Å²) < 4.78 is 43.2. The Bertz CT molecular complexity index is 281. The number of unbranched alkanes of at least 4 members (excludes halogenated alkanes) is 1. The molecule has 1 saturated carbocycles. The third-order valence-corrected chi connectivity index (χ3v) is 3.90. The van der Waals surface area contributed by atoms with Crippen molar-refractivity contribution in [1.82, 2.24) is 0 Å². The van der Waals surface area contributed by atoms with Crippen LogP contribution >= 0.6 is 0 Å². The fourth-order valence-electron chi connectivity index (χ4n) is 2.88. The van der Waals surface area contributed by atoms with Crippen molar-refractivity contribution in [2.24, 2.45) is 11.8 Å². The summed E-state index contributed by atoms with van der Waals surface area (Å²) in [6.45, 7) is 3.15. The number of alkyl halides is 3. The standard InChI is InChI=1S/C14H23F3O2/c1-3-4-5-11-6-8-12(9-7-11)13(14(15,16)17)19-10(2)18/h11-13H,3-9H2,1-2H3. The lowest BCUT2D eigenvalue weighted by Gasteiger charge is -2.34. The quantitative estimate of drug-likeness (QED) is 0.694. The number of carbonyl (C=O) groups is 1. The van der Waals surface area contributed by atoms with Crippen LogP contribution < -0.4 is 0 Å². The van der Waals surface area contributed by atoms with Crippen molar-refractivity contribution in [1.29, 1.82) is 0 Å². The molecule has 0 aromatic rings. The van der Waals surface area contributed by atoms with Gasteiger partial charge in [0.05, 0.1) is 0 Å². The number of ether oxygens (including phenoxy) is 1. The minimum Gasteiger partial charge on any atom is -0.453 e. The van der Waals surface area contributed by atoms with E-state index in [0.717, 1.165) is 39.0 Å². The summed E-state index contributed by atoms with van der Waals surface area (Å²) in [5, 5.41) is 0. The molecular formula is C14H23F3O2. The van der Waals surface area contributed by atoms with Crippen molar-refractivity contribution >= 4 is 5.97 Å². The number of hydrogen-bond donors (Lipinski definition) is 0. The number of halogens is 3. The van der Waals surface area contributed by atoms with Crippen molar-refractivity contribution in [3.63, 3.8) is 0 Å². The first-order valence-corrected chi connectivity index (χ1v) is 7.08. The van der Waals surface area contributed by atoms with Crippen LogP contribution in [0, 0.1) is 11.8 Å². The lowest BCUT2D eigenvalue weighted by atomic mass is 9.77. The molecule has 1 aliphatic carbocycles. The van der Waals surface area contributed by atoms with Crippen LogP contribution in [0.15, 0.2) is 0 Å². The molecule has 0 N–H and O–H groups in total. The SMILES string of the molecule is CCCCC1CCC(C(OC(C)=O)C(F)(F)F)CC1. The molecule has 2 nitrogen and oxygen atoms in total. The molecule has 0 aromatic carbocycles. The molecule has 0 saturated heterocycles. The van der Waals surface area contributed by atoms with E-state index < -0.39 is 24.2 Å². The van der Waals surface area contributed by atoms with Gasteiger partial charge in [0.25, 0.3) is 0 Å². The zero-order chi connectivity index (χ0) is 14.5. The molecule has 1 fully saturated rings.